The number of rotatable bonds is 7. The van der Waals surface area contributed by atoms with Gasteiger partial charge in [0.2, 0.25) is 0 Å². The van der Waals surface area contributed by atoms with Crippen molar-refractivity contribution < 1.29 is 8.78 Å². The first-order valence-electron chi connectivity index (χ1n) is 6.63. The van der Waals surface area contributed by atoms with Gasteiger partial charge in [-0.05, 0) is 12.3 Å². The third-order valence-electron chi connectivity index (χ3n) is 3.37. The Morgan fingerprint density at radius 2 is 2.00 bits per heavy atom. The van der Waals surface area contributed by atoms with E-state index in [4.69, 9.17) is 0 Å². The third-order valence-corrected chi connectivity index (χ3v) is 3.37. The van der Waals surface area contributed by atoms with E-state index in [0.29, 0.717) is 12.5 Å². The largest absolute Gasteiger partial charge is 0.297 e. The monoisotopic (exact) mass is 233 g/mol. The van der Waals surface area contributed by atoms with E-state index in [9.17, 15) is 8.78 Å². The van der Waals surface area contributed by atoms with Crippen molar-refractivity contribution in [3.63, 3.8) is 0 Å². The molecule has 0 aromatic rings. The first kappa shape index (κ1) is 13.9. The van der Waals surface area contributed by atoms with Crippen LogP contribution in [0.3, 0.4) is 0 Å². The molecule has 96 valence electrons. The molecule has 0 saturated carbocycles. The molecule has 1 heterocycles. The molecular weight excluding hydrogens is 208 g/mol. The average molecular weight is 233 g/mol. The quantitative estimate of drug-likeness (QED) is 0.602. The molecule has 1 aliphatic rings. The van der Waals surface area contributed by atoms with Crippen molar-refractivity contribution in [2.45, 2.75) is 58.3 Å². The van der Waals surface area contributed by atoms with Gasteiger partial charge in [0.1, 0.15) is 0 Å². The summed E-state index contributed by atoms with van der Waals surface area (Å²) < 4.78 is 25.9. The van der Waals surface area contributed by atoms with Crippen LogP contribution in [-0.4, -0.2) is 30.5 Å². The van der Waals surface area contributed by atoms with E-state index in [1.807, 2.05) is 4.90 Å². The summed E-state index contributed by atoms with van der Waals surface area (Å²) in [4.78, 5) is 1.92. The Kier molecular flexibility index (Phi) is 5.67. The number of hydrogen-bond acceptors (Lipinski definition) is 1. The maximum Gasteiger partial charge on any atom is 0.261 e. The molecular formula is C13H25F2N. The van der Waals surface area contributed by atoms with Crippen LogP contribution in [0.2, 0.25) is 0 Å². The summed E-state index contributed by atoms with van der Waals surface area (Å²) in [5, 5.41) is 0. The average Bonchev–Trinajstić information content (AvgIpc) is 2.53. The molecule has 1 nitrogen and oxygen atoms in total. The molecule has 0 amide bonds. The summed E-state index contributed by atoms with van der Waals surface area (Å²) in [6, 6.07) is 0. The summed E-state index contributed by atoms with van der Waals surface area (Å²) in [6.45, 7) is 5.79. The summed E-state index contributed by atoms with van der Waals surface area (Å²) in [5.41, 5.74) is 0. The molecule has 1 atom stereocenters. The molecule has 1 saturated heterocycles. The fourth-order valence-corrected chi connectivity index (χ4v) is 2.41. The van der Waals surface area contributed by atoms with Gasteiger partial charge in [-0.15, -0.1) is 0 Å². The lowest BCUT2D eigenvalue weighted by Gasteiger charge is -2.20. The van der Waals surface area contributed by atoms with Gasteiger partial charge in [-0.3, -0.25) is 4.90 Å². The van der Waals surface area contributed by atoms with Gasteiger partial charge in [-0.25, -0.2) is 8.78 Å². The second-order valence-electron chi connectivity index (χ2n) is 5.30. The Labute approximate surface area is 98.2 Å². The van der Waals surface area contributed by atoms with Crippen LogP contribution in [0.25, 0.3) is 0 Å². The van der Waals surface area contributed by atoms with Crippen LogP contribution in [0, 0.1) is 5.92 Å². The molecule has 0 radical (unpaired) electrons. The van der Waals surface area contributed by atoms with Crippen molar-refractivity contribution in [1.29, 1.82) is 0 Å². The molecule has 0 aliphatic carbocycles. The highest BCUT2D eigenvalue weighted by molar-refractivity contribution is 4.82. The molecule has 0 N–H and O–H groups in total. The van der Waals surface area contributed by atoms with Crippen LogP contribution in [0.5, 0.6) is 0 Å². The van der Waals surface area contributed by atoms with E-state index in [1.165, 1.54) is 32.1 Å². The number of likely N-dealkylation sites (tertiary alicyclic amines) is 1. The highest BCUT2D eigenvalue weighted by atomic mass is 19.3. The van der Waals surface area contributed by atoms with Crippen molar-refractivity contribution in [3.05, 3.63) is 0 Å². The van der Waals surface area contributed by atoms with Crippen LogP contribution >= 0.6 is 0 Å². The molecule has 16 heavy (non-hydrogen) atoms. The van der Waals surface area contributed by atoms with E-state index < -0.39 is 5.92 Å². The first-order chi connectivity index (χ1) is 7.53. The van der Waals surface area contributed by atoms with Crippen LogP contribution in [0.4, 0.5) is 8.78 Å². The molecule has 1 fully saturated rings. The zero-order chi connectivity index (χ0) is 12.0. The zero-order valence-electron chi connectivity index (χ0n) is 10.6. The van der Waals surface area contributed by atoms with Gasteiger partial charge in [-0.2, -0.15) is 0 Å². The Bertz CT molecular complexity index is 194. The fraction of sp³-hybridized carbons (Fsp3) is 1.00. The minimum absolute atomic E-state index is 0.0215. The topological polar surface area (TPSA) is 3.24 Å². The molecule has 0 aromatic heterocycles. The van der Waals surface area contributed by atoms with Crippen molar-refractivity contribution in [2.24, 2.45) is 5.92 Å². The van der Waals surface area contributed by atoms with E-state index in [1.54, 1.807) is 0 Å². The van der Waals surface area contributed by atoms with E-state index in [-0.39, 0.29) is 13.0 Å². The normalized spacial score (nSPS) is 22.5. The Morgan fingerprint density at radius 1 is 1.25 bits per heavy atom. The maximum absolute atomic E-state index is 13.0. The molecule has 0 spiro atoms. The zero-order valence-corrected chi connectivity index (χ0v) is 10.6. The van der Waals surface area contributed by atoms with Gasteiger partial charge >= 0.3 is 0 Å². The Hall–Kier alpha value is -0.180. The van der Waals surface area contributed by atoms with E-state index >= 15 is 0 Å². The van der Waals surface area contributed by atoms with Crippen LogP contribution < -0.4 is 0 Å². The predicted octanol–water partition coefficient (Wildman–Crippen LogP) is 3.93. The van der Waals surface area contributed by atoms with Crippen molar-refractivity contribution >= 4 is 0 Å². The minimum Gasteiger partial charge on any atom is -0.297 e. The van der Waals surface area contributed by atoms with E-state index in [0.717, 1.165) is 6.54 Å². The molecule has 3 heteroatoms. The molecule has 0 bridgehead atoms. The minimum atomic E-state index is -2.43. The summed E-state index contributed by atoms with van der Waals surface area (Å²) >= 11 is 0. The van der Waals surface area contributed by atoms with Gasteiger partial charge in [0.15, 0.2) is 0 Å². The number of hydrogen-bond donors (Lipinski definition) is 0. The molecule has 1 unspecified atom stereocenters. The molecule has 1 aliphatic heterocycles. The molecule has 1 rings (SSSR count). The standard InChI is InChI=1S/C13H25F2N/c1-3-4-5-6-7-12(2)10-16-9-8-13(14,15)11-16/h12H,3-11H2,1-2H3. The Balaban J connectivity index is 2.08. The SMILES string of the molecule is CCCCCCC(C)CN1CCC(F)(F)C1. The van der Waals surface area contributed by atoms with Crippen molar-refractivity contribution in [1.82, 2.24) is 4.90 Å². The maximum atomic E-state index is 13.0. The Morgan fingerprint density at radius 3 is 2.56 bits per heavy atom. The van der Waals surface area contributed by atoms with Gasteiger partial charge < -0.3 is 0 Å². The predicted molar refractivity (Wildman–Crippen MR) is 63.9 cm³/mol. The van der Waals surface area contributed by atoms with Gasteiger partial charge in [0.25, 0.3) is 5.92 Å². The fourth-order valence-electron chi connectivity index (χ4n) is 2.41. The molecule has 0 aromatic carbocycles. The van der Waals surface area contributed by atoms with Gasteiger partial charge in [-0.1, -0.05) is 39.5 Å². The van der Waals surface area contributed by atoms with Crippen molar-refractivity contribution in [2.75, 3.05) is 19.6 Å². The number of alkyl halides is 2. The lowest BCUT2D eigenvalue weighted by Crippen LogP contribution is -2.29. The lowest BCUT2D eigenvalue weighted by molar-refractivity contribution is 0.0110. The highest BCUT2D eigenvalue weighted by Crippen LogP contribution is 2.27. The smallest absolute Gasteiger partial charge is 0.261 e. The number of nitrogens with zero attached hydrogens (tertiary/aromatic N) is 1. The number of halogens is 2. The summed E-state index contributed by atoms with van der Waals surface area (Å²) in [6.07, 6.45) is 6.33. The van der Waals surface area contributed by atoms with Crippen LogP contribution in [0.15, 0.2) is 0 Å². The number of unbranched alkanes of at least 4 members (excludes halogenated alkanes) is 3. The first-order valence-corrected chi connectivity index (χ1v) is 6.63. The van der Waals surface area contributed by atoms with Crippen LogP contribution in [0.1, 0.15) is 52.4 Å². The highest BCUT2D eigenvalue weighted by Gasteiger charge is 2.38. The van der Waals surface area contributed by atoms with Crippen molar-refractivity contribution in [3.8, 4) is 0 Å². The lowest BCUT2D eigenvalue weighted by atomic mass is 10.0. The van der Waals surface area contributed by atoms with Gasteiger partial charge in [0, 0.05) is 19.5 Å². The summed E-state index contributed by atoms with van der Waals surface area (Å²) in [7, 11) is 0. The van der Waals surface area contributed by atoms with Crippen LogP contribution in [-0.2, 0) is 0 Å². The van der Waals surface area contributed by atoms with E-state index in [2.05, 4.69) is 13.8 Å². The second kappa shape index (κ2) is 6.53. The second-order valence-corrected chi connectivity index (χ2v) is 5.30. The summed E-state index contributed by atoms with van der Waals surface area (Å²) in [5.74, 6) is -1.87. The van der Waals surface area contributed by atoms with Gasteiger partial charge in [0.05, 0.1) is 6.54 Å². The third kappa shape index (κ3) is 5.24.